The Balaban J connectivity index is -0.000000160. The van der Waals surface area contributed by atoms with E-state index in [2.05, 4.69) is 12.1 Å². The number of hydrogen-bond donors (Lipinski definition) is 0. The average Bonchev–Trinajstić information content (AvgIpc) is 2.24. The SMILES string of the molecule is [CH3-].[CH3-].[Mo+4].[c-]1ccccc1.[c-]1ccccc1. The Morgan fingerprint density at radius 2 is 0.733 bits per heavy atom. The van der Waals surface area contributed by atoms with E-state index in [9.17, 15) is 0 Å². The quantitative estimate of drug-likeness (QED) is 0.507. The molecule has 0 spiro atoms. The van der Waals surface area contributed by atoms with Gasteiger partial charge in [-0.25, -0.2) is 0 Å². The van der Waals surface area contributed by atoms with Crippen molar-refractivity contribution in [3.63, 3.8) is 0 Å². The summed E-state index contributed by atoms with van der Waals surface area (Å²) in [6.07, 6.45) is 0. The van der Waals surface area contributed by atoms with E-state index in [1.165, 1.54) is 0 Å². The first-order valence-electron chi connectivity index (χ1n) is 3.82. The number of benzene rings is 2. The Hall–Kier alpha value is -0.872. The molecule has 0 unspecified atom stereocenters. The van der Waals surface area contributed by atoms with Gasteiger partial charge in [0.15, 0.2) is 0 Å². The summed E-state index contributed by atoms with van der Waals surface area (Å²) in [6, 6.07) is 25.0. The van der Waals surface area contributed by atoms with Gasteiger partial charge in [-0.1, -0.05) is 0 Å². The molecule has 0 saturated heterocycles. The van der Waals surface area contributed by atoms with Gasteiger partial charge in [0, 0.05) is 0 Å². The van der Waals surface area contributed by atoms with Crippen molar-refractivity contribution in [2.24, 2.45) is 0 Å². The van der Waals surface area contributed by atoms with Crippen molar-refractivity contribution in [1.82, 2.24) is 0 Å². The summed E-state index contributed by atoms with van der Waals surface area (Å²) < 4.78 is 0. The van der Waals surface area contributed by atoms with Crippen LogP contribution in [0, 0.1) is 27.0 Å². The predicted molar refractivity (Wildman–Crippen MR) is 63.4 cm³/mol. The summed E-state index contributed by atoms with van der Waals surface area (Å²) in [4.78, 5) is 0. The van der Waals surface area contributed by atoms with E-state index in [0.717, 1.165) is 0 Å². The summed E-state index contributed by atoms with van der Waals surface area (Å²) in [5, 5.41) is 0. The van der Waals surface area contributed by atoms with Crippen molar-refractivity contribution < 1.29 is 21.1 Å². The summed E-state index contributed by atoms with van der Waals surface area (Å²) in [5.41, 5.74) is 0. The minimum absolute atomic E-state index is 0. The van der Waals surface area contributed by atoms with Crippen LogP contribution in [0.25, 0.3) is 0 Å². The zero-order valence-corrected chi connectivity index (χ0v) is 11.2. The fourth-order valence-corrected chi connectivity index (χ4v) is 0.684. The van der Waals surface area contributed by atoms with Crippen LogP contribution in [0.2, 0.25) is 0 Å². The molecule has 0 amide bonds. The molecule has 78 valence electrons. The van der Waals surface area contributed by atoms with E-state index in [-0.39, 0.29) is 35.9 Å². The van der Waals surface area contributed by atoms with Crippen molar-refractivity contribution >= 4 is 0 Å². The smallest absolute Gasteiger partial charge is 0.358 e. The van der Waals surface area contributed by atoms with Crippen LogP contribution in [0.1, 0.15) is 0 Å². The van der Waals surface area contributed by atoms with Crippen LogP contribution >= 0.6 is 0 Å². The van der Waals surface area contributed by atoms with Crippen LogP contribution in [0.15, 0.2) is 60.7 Å². The third-order valence-electron chi connectivity index (χ3n) is 1.21. The van der Waals surface area contributed by atoms with E-state index in [0.29, 0.717) is 0 Å². The summed E-state index contributed by atoms with van der Waals surface area (Å²) in [5.74, 6) is 0. The van der Waals surface area contributed by atoms with Crippen molar-refractivity contribution in [3.05, 3.63) is 87.6 Å². The Morgan fingerprint density at radius 1 is 0.467 bits per heavy atom. The van der Waals surface area contributed by atoms with E-state index >= 15 is 0 Å². The Morgan fingerprint density at radius 3 is 0.800 bits per heavy atom. The van der Waals surface area contributed by atoms with Crippen molar-refractivity contribution in [1.29, 1.82) is 0 Å². The maximum absolute atomic E-state index is 2.89. The third kappa shape index (κ3) is 13.1. The van der Waals surface area contributed by atoms with Crippen molar-refractivity contribution in [2.45, 2.75) is 0 Å². The van der Waals surface area contributed by atoms with Gasteiger partial charge in [0.2, 0.25) is 0 Å². The zero-order chi connectivity index (χ0) is 8.49. The summed E-state index contributed by atoms with van der Waals surface area (Å²) in [7, 11) is 0. The first-order chi connectivity index (χ1) is 6.00. The molecule has 0 radical (unpaired) electrons. The molecule has 0 bridgehead atoms. The van der Waals surface area contributed by atoms with Gasteiger partial charge in [-0.3, -0.25) is 0 Å². The minimum Gasteiger partial charge on any atom is -0.358 e. The molecule has 0 nitrogen and oxygen atoms in total. The molecular weight excluding hydrogens is 264 g/mol. The molecule has 0 aliphatic heterocycles. The molecule has 0 heterocycles. The fourth-order valence-electron chi connectivity index (χ4n) is 0.684. The van der Waals surface area contributed by atoms with Crippen molar-refractivity contribution in [2.75, 3.05) is 0 Å². The fraction of sp³-hybridized carbons (Fsp3) is 0. The molecule has 0 saturated carbocycles. The van der Waals surface area contributed by atoms with Crippen molar-refractivity contribution in [3.8, 4) is 0 Å². The first-order valence-corrected chi connectivity index (χ1v) is 3.82. The molecule has 0 aliphatic carbocycles. The maximum Gasteiger partial charge on any atom is 4.00 e. The van der Waals surface area contributed by atoms with Gasteiger partial charge in [-0.05, 0) is 0 Å². The molecule has 0 fully saturated rings. The van der Waals surface area contributed by atoms with Crippen LogP contribution in [-0.2, 0) is 21.1 Å². The standard InChI is InChI=1S/2C6H5.2CH3.Mo/c2*1-2-4-6-5-3-1;;;/h2*1-5H;2*1H3;/q4*-1;+4. The Bertz CT molecular complexity index is 181. The molecule has 15 heavy (non-hydrogen) atoms. The largest absolute Gasteiger partial charge is 4.00 e. The van der Waals surface area contributed by atoms with Gasteiger partial charge in [0.05, 0.1) is 0 Å². The van der Waals surface area contributed by atoms with Gasteiger partial charge >= 0.3 is 21.1 Å². The first kappa shape index (κ1) is 19.7. The summed E-state index contributed by atoms with van der Waals surface area (Å²) >= 11 is 0. The van der Waals surface area contributed by atoms with E-state index in [1.54, 1.807) is 0 Å². The molecule has 0 N–H and O–H groups in total. The van der Waals surface area contributed by atoms with Gasteiger partial charge in [-0.15, -0.1) is 0 Å². The normalized spacial score (nSPS) is 6.40. The zero-order valence-electron chi connectivity index (χ0n) is 9.18. The molecular formula is C14H16Mo. The van der Waals surface area contributed by atoms with Gasteiger partial charge < -0.3 is 14.9 Å². The third-order valence-corrected chi connectivity index (χ3v) is 1.21. The van der Waals surface area contributed by atoms with Gasteiger partial charge in [0.1, 0.15) is 0 Å². The second-order valence-corrected chi connectivity index (χ2v) is 2.15. The molecule has 1 heteroatoms. The van der Waals surface area contributed by atoms with E-state index < -0.39 is 0 Å². The maximum atomic E-state index is 2.89. The van der Waals surface area contributed by atoms with E-state index in [4.69, 9.17) is 0 Å². The molecule has 0 atom stereocenters. The van der Waals surface area contributed by atoms with Crippen LogP contribution in [0.5, 0.6) is 0 Å². The molecule has 2 rings (SSSR count). The predicted octanol–water partition coefficient (Wildman–Crippen LogP) is 3.87. The van der Waals surface area contributed by atoms with Crippen LogP contribution < -0.4 is 0 Å². The van der Waals surface area contributed by atoms with Gasteiger partial charge in [-0.2, -0.15) is 72.8 Å². The monoisotopic (exact) mass is 282 g/mol. The number of hydrogen-bond acceptors (Lipinski definition) is 0. The second-order valence-electron chi connectivity index (χ2n) is 2.15. The second kappa shape index (κ2) is 15.6. The van der Waals surface area contributed by atoms with Gasteiger partial charge in [0.25, 0.3) is 0 Å². The topological polar surface area (TPSA) is 0 Å². The molecule has 0 aromatic heterocycles. The molecule has 2 aromatic carbocycles. The molecule has 0 aliphatic rings. The van der Waals surface area contributed by atoms with E-state index in [1.807, 2.05) is 60.7 Å². The van der Waals surface area contributed by atoms with Crippen LogP contribution in [-0.4, -0.2) is 0 Å². The average molecular weight is 280 g/mol. The molecule has 2 aromatic rings. The minimum atomic E-state index is 0. The van der Waals surface area contributed by atoms with Crippen LogP contribution in [0.3, 0.4) is 0 Å². The Kier molecular flexibility index (Phi) is 20.4. The van der Waals surface area contributed by atoms with Crippen LogP contribution in [0.4, 0.5) is 0 Å². The summed E-state index contributed by atoms with van der Waals surface area (Å²) in [6.45, 7) is 0. The number of rotatable bonds is 0. The Labute approximate surface area is 109 Å².